The number of alkyl halides is 1. The highest BCUT2D eigenvalue weighted by molar-refractivity contribution is 6.18. The summed E-state index contributed by atoms with van der Waals surface area (Å²) in [7, 11) is 0. The van der Waals surface area contributed by atoms with Gasteiger partial charge in [-0.1, -0.05) is 19.1 Å². The highest BCUT2D eigenvalue weighted by Crippen LogP contribution is 2.28. The average Bonchev–Trinajstić information content (AvgIpc) is 2.60. The smallest absolute Gasteiger partial charge is 0.0404 e. The summed E-state index contributed by atoms with van der Waals surface area (Å²) in [5, 5.41) is 3.40. The van der Waals surface area contributed by atoms with Crippen LogP contribution in [0.5, 0.6) is 0 Å². The summed E-state index contributed by atoms with van der Waals surface area (Å²) in [6, 6.07) is 0.778. The van der Waals surface area contributed by atoms with Gasteiger partial charge in [0.2, 0.25) is 0 Å². The summed E-state index contributed by atoms with van der Waals surface area (Å²) in [4.78, 5) is 0. The monoisotopic (exact) mass is 159 g/mol. The Morgan fingerprint density at radius 1 is 1.60 bits per heavy atom. The molecule has 2 unspecified atom stereocenters. The van der Waals surface area contributed by atoms with Gasteiger partial charge in [0.25, 0.3) is 0 Å². The van der Waals surface area contributed by atoms with Crippen LogP contribution in [0, 0.1) is 5.92 Å². The molecule has 2 atom stereocenters. The molecule has 1 fully saturated rings. The normalized spacial score (nSPS) is 31.4. The Bertz CT molecular complexity index is 122. The van der Waals surface area contributed by atoms with Gasteiger partial charge < -0.3 is 5.32 Å². The second kappa shape index (κ2) is 3.99. The molecule has 0 aromatic heterocycles. The highest BCUT2D eigenvalue weighted by atomic mass is 35.5. The Labute approximate surface area is 67.5 Å². The van der Waals surface area contributed by atoms with Gasteiger partial charge in [-0.2, -0.15) is 0 Å². The van der Waals surface area contributed by atoms with Gasteiger partial charge in [-0.05, 0) is 12.3 Å². The molecular weight excluding hydrogens is 146 g/mol. The topological polar surface area (TPSA) is 12.0 Å². The summed E-state index contributed by atoms with van der Waals surface area (Å²) in [5.74, 6) is 1.52. The molecule has 1 N–H and O–H groups in total. The summed E-state index contributed by atoms with van der Waals surface area (Å²) >= 11 is 5.45. The molecule has 1 aliphatic carbocycles. The van der Waals surface area contributed by atoms with E-state index in [9.17, 15) is 0 Å². The van der Waals surface area contributed by atoms with Crippen molar-refractivity contribution in [2.75, 3.05) is 12.4 Å². The molecule has 58 valence electrons. The van der Waals surface area contributed by atoms with Gasteiger partial charge in [-0.15, -0.1) is 11.6 Å². The van der Waals surface area contributed by atoms with E-state index in [-0.39, 0.29) is 0 Å². The number of nitrogens with one attached hydrogen (secondary N) is 1. The average molecular weight is 160 g/mol. The molecule has 0 heterocycles. The first-order valence-corrected chi connectivity index (χ1v) is 4.32. The lowest BCUT2D eigenvalue weighted by molar-refractivity contribution is 0.704. The minimum atomic E-state index is 0.627. The third-order valence-corrected chi connectivity index (χ3v) is 2.04. The van der Waals surface area contributed by atoms with Gasteiger partial charge >= 0.3 is 0 Å². The number of halogens is 1. The molecule has 0 bridgehead atoms. The number of rotatable bonds is 4. The molecule has 1 aliphatic rings. The molecule has 0 amide bonds. The maximum atomic E-state index is 5.45. The Kier molecular flexibility index (Phi) is 3.23. The number of hydrogen-bond acceptors (Lipinski definition) is 1. The van der Waals surface area contributed by atoms with E-state index in [0.717, 1.165) is 18.5 Å². The van der Waals surface area contributed by atoms with Crippen LogP contribution < -0.4 is 5.32 Å². The first-order valence-electron chi connectivity index (χ1n) is 3.79. The number of hydrogen-bond donors (Lipinski definition) is 1. The largest absolute Gasteiger partial charge is 0.310 e. The van der Waals surface area contributed by atoms with E-state index >= 15 is 0 Å². The van der Waals surface area contributed by atoms with E-state index in [0.29, 0.717) is 5.88 Å². The molecule has 0 aromatic rings. The van der Waals surface area contributed by atoms with Crippen LogP contribution in [0.1, 0.15) is 13.3 Å². The van der Waals surface area contributed by atoms with Crippen molar-refractivity contribution in [3.63, 3.8) is 0 Å². The van der Waals surface area contributed by atoms with Gasteiger partial charge in [0, 0.05) is 18.5 Å². The predicted octanol–water partition coefficient (Wildman–Crippen LogP) is 1.78. The highest BCUT2D eigenvalue weighted by Gasteiger charge is 2.30. The van der Waals surface area contributed by atoms with E-state index in [4.69, 9.17) is 11.6 Å². The molecule has 0 aliphatic heterocycles. The van der Waals surface area contributed by atoms with Crippen molar-refractivity contribution >= 4 is 11.6 Å². The van der Waals surface area contributed by atoms with Crippen LogP contribution >= 0.6 is 11.6 Å². The maximum absolute atomic E-state index is 5.45. The van der Waals surface area contributed by atoms with Gasteiger partial charge in [0.15, 0.2) is 0 Å². The van der Waals surface area contributed by atoms with Crippen molar-refractivity contribution in [3.8, 4) is 0 Å². The fourth-order valence-corrected chi connectivity index (χ4v) is 1.10. The third kappa shape index (κ3) is 2.72. The molecule has 0 saturated heterocycles. The molecule has 0 spiro atoms. The quantitative estimate of drug-likeness (QED) is 0.487. The van der Waals surface area contributed by atoms with E-state index < -0.39 is 0 Å². The van der Waals surface area contributed by atoms with Crippen molar-refractivity contribution in [1.29, 1.82) is 0 Å². The second-order valence-corrected chi connectivity index (χ2v) is 3.16. The third-order valence-electron chi connectivity index (χ3n) is 1.86. The van der Waals surface area contributed by atoms with Gasteiger partial charge in [-0.3, -0.25) is 0 Å². The maximum Gasteiger partial charge on any atom is 0.0404 e. The lowest BCUT2D eigenvalue weighted by Gasteiger charge is -1.95. The zero-order valence-corrected chi connectivity index (χ0v) is 7.06. The molecule has 0 radical (unpaired) electrons. The van der Waals surface area contributed by atoms with Crippen molar-refractivity contribution in [2.45, 2.75) is 19.4 Å². The Hall–Kier alpha value is -0.0100. The van der Waals surface area contributed by atoms with E-state index in [1.807, 2.05) is 6.08 Å². The summed E-state index contributed by atoms with van der Waals surface area (Å²) in [6.45, 7) is 3.24. The second-order valence-electron chi connectivity index (χ2n) is 2.85. The van der Waals surface area contributed by atoms with E-state index in [2.05, 4.69) is 18.3 Å². The minimum Gasteiger partial charge on any atom is -0.310 e. The Morgan fingerprint density at radius 3 is 2.80 bits per heavy atom. The fraction of sp³-hybridized carbons (Fsp3) is 0.750. The summed E-state index contributed by atoms with van der Waals surface area (Å²) < 4.78 is 0. The molecule has 1 saturated carbocycles. The van der Waals surface area contributed by atoms with Crippen molar-refractivity contribution < 1.29 is 0 Å². The first-order chi connectivity index (χ1) is 4.84. The standard InChI is InChI=1S/C8H14ClN/c1-7-6-8(7)10-5-3-2-4-9/h2-3,7-8,10H,4-6H2,1H3/b3-2+. The van der Waals surface area contributed by atoms with Crippen LogP contribution in [-0.4, -0.2) is 18.5 Å². The lowest BCUT2D eigenvalue weighted by Crippen LogP contribution is -2.17. The first kappa shape index (κ1) is 8.09. The zero-order valence-electron chi connectivity index (χ0n) is 6.31. The summed E-state index contributed by atoms with van der Waals surface area (Å²) in [6.07, 6.45) is 5.40. The van der Waals surface area contributed by atoms with Crippen LogP contribution in [-0.2, 0) is 0 Å². The van der Waals surface area contributed by atoms with E-state index in [1.165, 1.54) is 6.42 Å². The van der Waals surface area contributed by atoms with Crippen LogP contribution in [0.3, 0.4) is 0 Å². The molecule has 1 rings (SSSR count). The van der Waals surface area contributed by atoms with Crippen LogP contribution in [0.2, 0.25) is 0 Å². The van der Waals surface area contributed by atoms with Crippen molar-refractivity contribution in [1.82, 2.24) is 5.32 Å². The molecular formula is C8H14ClN. The zero-order chi connectivity index (χ0) is 7.40. The van der Waals surface area contributed by atoms with Gasteiger partial charge in [0.05, 0.1) is 0 Å². The van der Waals surface area contributed by atoms with Gasteiger partial charge in [0.1, 0.15) is 0 Å². The van der Waals surface area contributed by atoms with Crippen LogP contribution in [0.15, 0.2) is 12.2 Å². The molecule has 0 aromatic carbocycles. The Morgan fingerprint density at radius 2 is 2.30 bits per heavy atom. The van der Waals surface area contributed by atoms with Crippen LogP contribution in [0.4, 0.5) is 0 Å². The number of allylic oxidation sites excluding steroid dienone is 1. The Balaban J connectivity index is 1.91. The van der Waals surface area contributed by atoms with E-state index in [1.54, 1.807) is 0 Å². The molecule has 1 nitrogen and oxygen atoms in total. The van der Waals surface area contributed by atoms with Crippen molar-refractivity contribution in [3.05, 3.63) is 12.2 Å². The van der Waals surface area contributed by atoms with Gasteiger partial charge in [-0.25, -0.2) is 0 Å². The predicted molar refractivity (Wildman–Crippen MR) is 45.4 cm³/mol. The lowest BCUT2D eigenvalue weighted by atomic mass is 10.4. The van der Waals surface area contributed by atoms with Crippen LogP contribution in [0.25, 0.3) is 0 Å². The summed E-state index contributed by atoms with van der Waals surface area (Å²) in [5.41, 5.74) is 0. The molecule has 2 heteroatoms. The van der Waals surface area contributed by atoms with Crippen molar-refractivity contribution in [2.24, 2.45) is 5.92 Å². The SMILES string of the molecule is CC1CC1NC/C=C/CCl. The molecule has 10 heavy (non-hydrogen) atoms. The minimum absolute atomic E-state index is 0.627. The fourth-order valence-electron chi connectivity index (χ4n) is 0.972.